The van der Waals surface area contributed by atoms with Crippen LogP contribution < -0.4 is 10.6 Å². The van der Waals surface area contributed by atoms with E-state index in [1.807, 2.05) is 20.8 Å². The van der Waals surface area contributed by atoms with Crippen molar-refractivity contribution in [2.75, 3.05) is 6.54 Å². The minimum Gasteiger partial charge on any atom is -0.508 e. The van der Waals surface area contributed by atoms with Crippen LogP contribution in [0, 0.1) is 0 Å². The Bertz CT molecular complexity index is 763. The molecule has 0 bridgehead atoms. The van der Waals surface area contributed by atoms with Gasteiger partial charge in [-0.15, -0.1) is 0 Å². The first-order chi connectivity index (χ1) is 13.6. The number of rotatable bonds is 6. The third-order valence-electron chi connectivity index (χ3n) is 3.88. The van der Waals surface area contributed by atoms with Gasteiger partial charge in [-0.3, -0.25) is 9.59 Å². The van der Waals surface area contributed by atoms with E-state index < -0.39 is 35.1 Å². The van der Waals surface area contributed by atoms with Gasteiger partial charge in [0.05, 0.1) is 0 Å². The molecule has 1 unspecified atom stereocenters. The van der Waals surface area contributed by atoms with Crippen LogP contribution in [0.25, 0.3) is 0 Å². The number of carbonyl (C=O) groups excluding carboxylic acids is 3. The summed E-state index contributed by atoms with van der Waals surface area (Å²) < 4.78 is 5.17. The van der Waals surface area contributed by atoms with Crippen LogP contribution in [0.5, 0.6) is 5.75 Å². The maximum absolute atomic E-state index is 13.2. The molecule has 1 aromatic rings. The van der Waals surface area contributed by atoms with E-state index in [2.05, 4.69) is 10.6 Å². The highest BCUT2D eigenvalue weighted by Gasteiger charge is 2.36. The van der Waals surface area contributed by atoms with Gasteiger partial charge in [-0.25, -0.2) is 4.79 Å². The lowest BCUT2D eigenvalue weighted by molar-refractivity contribution is -0.143. The Kier molecular flexibility index (Phi) is 8.27. The quantitative estimate of drug-likeness (QED) is 0.654. The highest BCUT2D eigenvalue weighted by atomic mass is 16.6. The van der Waals surface area contributed by atoms with Crippen LogP contribution in [0.2, 0.25) is 0 Å². The van der Waals surface area contributed by atoms with Crippen molar-refractivity contribution in [3.8, 4) is 5.75 Å². The van der Waals surface area contributed by atoms with Gasteiger partial charge in [0.2, 0.25) is 11.8 Å². The molecule has 0 aromatic heterocycles. The second-order valence-electron chi connectivity index (χ2n) is 9.45. The number of nitrogens with one attached hydrogen (secondary N) is 2. The number of alkyl carbamates (subject to hydrolysis) is 1. The van der Waals surface area contributed by atoms with Crippen LogP contribution in [0.3, 0.4) is 0 Å². The molecule has 0 fully saturated rings. The van der Waals surface area contributed by atoms with E-state index in [4.69, 9.17) is 4.74 Å². The summed E-state index contributed by atoms with van der Waals surface area (Å²) in [5, 5.41) is 15.7. The molecular weight excluding hydrogens is 386 g/mol. The Morgan fingerprint density at radius 3 is 2.10 bits per heavy atom. The van der Waals surface area contributed by atoms with Gasteiger partial charge >= 0.3 is 6.09 Å². The number of aromatic hydroxyl groups is 1. The lowest BCUT2D eigenvalue weighted by atomic mass is 9.99. The average molecular weight is 422 g/mol. The number of phenolic OH excluding ortho intramolecular Hbond substituents is 1. The molecule has 0 saturated carbocycles. The minimum absolute atomic E-state index is 0.0925. The van der Waals surface area contributed by atoms with Crippen molar-refractivity contribution in [1.82, 2.24) is 15.5 Å². The lowest BCUT2D eigenvalue weighted by Gasteiger charge is -2.36. The van der Waals surface area contributed by atoms with Gasteiger partial charge in [0.15, 0.2) is 0 Å². The zero-order chi connectivity index (χ0) is 23.3. The van der Waals surface area contributed by atoms with E-state index in [1.165, 1.54) is 11.0 Å². The molecule has 3 amide bonds. The van der Waals surface area contributed by atoms with Crippen molar-refractivity contribution in [2.45, 2.75) is 78.6 Å². The van der Waals surface area contributed by atoms with Gasteiger partial charge < -0.3 is 25.4 Å². The highest BCUT2D eigenvalue weighted by molar-refractivity contribution is 5.91. The summed E-state index contributed by atoms with van der Waals surface area (Å²) in [5.41, 5.74) is -0.936. The van der Waals surface area contributed by atoms with Crippen molar-refractivity contribution in [3.63, 3.8) is 0 Å². The van der Waals surface area contributed by atoms with Crippen molar-refractivity contribution in [2.24, 2.45) is 0 Å². The van der Waals surface area contributed by atoms with Gasteiger partial charge in [-0.1, -0.05) is 18.2 Å². The number of amides is 3. The number of hydrogen-bond donors (Lipinski definition) is 3. The summed E-state index contributed by atoms with van der Waals surface area (Å²) in [4.78, 5) is 39.5. The summed E-state index contributed by atoms with van der Waals surface area (Å²) in [6.45, 7) is 13.8. The summed E-state index contributed by atoms with van der Waals surface area (Å²) in [6, 6.07) is 4.95. The van der Waals surface area contributed by atoms with Crippen molar-refractivity contribution >= 4 is 17.9 Å². The standard InChI is InChI=1S/C22H35N3O5/c1-14(2)25(17(27)13-23-20(29)30-22(6,7)8)18(19(28)24-21(3,4)5)15-11-9-10-12-16(15)26/h9-12,14,18,26H,13H2,1-8H3,(H,23,29)(H,24,28). The highest BCUT2D eigenvalue weighted by Crippen LogP contribution is 2.31. The first-order valence-corrected chi connectivity index (χ1v) is 10.0. The summed E-state index contributed by atoms with van der Waals surface area (Å²) in [6.07, 6.45) is -0.724. The molecule has 0 aliphatic rings. The molecule has 1 rings (SSSR count). The van der Waals surface area contributed by atoms with E-state index in [9.17, 15) is 19.5 Å². The number of carbonyl (C=O) groups is 3. The zero-order valence-electron chi connectivity index (χ0n) is 19.2. The molecule has 3 N–H and O–H groups in total. The topological polar surface area (TPSA) is 108 Å². The Morgan fingerprint density at radius 1 is 1.07 bits per heavy atom. The summed E-state index contributed by atoms with van der Waals surface area (Å²) >= 11 is 0. The first kappa shape index (κ1) is 25.3. The molecule has 1 atom stereocenters. The Hall–Kier alpha value is -2.77. The van der Waals surface area contributed by atoms with Gasteiger partial charge in [-0.05, 0) is 61.5 Å². The molecule has 0 heterocycles. The number of hydrogen-bond acceptors (Lipinski definition) is 5. The predicted octanol–water partition coefficient (Wildman–Crippen LogP) is 3.11. The van der Waals surface area contributed by atoms with E-state index in [-0.39, 0.29) is 18.3 Å². The van der Waals surface area contributed by atoms with Crippen LogP contribution in [-0.4, -0.2) is 51.6 Å². The third kappa shape index (κ3) is 7.93. The SMILES string of the molecule is CC(C)N(C(=O)CNC(=O)OC(C)(C)C)C(C(=O)NC(C)(C)C)c1ccccc1O. The molecule has 0 spiro atoms. The van der Waals surface area contributed by atoms with Crippen LogP contribution in [-0.2, 0) is 14.3 Å². The fourth-order valence-electron chi connectivity index (χ4n) is 2.86. The second kappa shape index (κ2) is 9.82. The zero-order valence-corrected chi connectivity index (χ0v) is 19.2. The molecule has 8 nitrogen and oxygen atoms in total. The fourth-order valence-corrected chi connectivity index (χ4v) is 2.86. The second-order valence-corrected chi connectivity index (χ2v) is 9.45. The molecule has 168 valence electrons. The molecule has 30 heavy (non-hydrogen) atoms. The molecule has 0 radical (unpaired) electrons. The minimum atomic E-state index is -1.07. The first-order valence-electron chi connectivity index (χ1n) is 10.0. The monoisotopic (exact) mass is 421 g/mol. The Labute approximate surface area is 179 Å². The van der Waals surface area contributed by atoms with Crippen LogP contribution in [0.15, 0.2) is 24.3 Å². The molecule has 0 aliphatic carbocycles. The normalized spacial score (nSPS) is 12.8. The van der Waals surface area contributed by atoms with Crippen molar-refractivity contribution < 1.29 is 24.2 Å². The largest absolute Gasteiger partial charge is 0.508 e. The molecule has 0 aliphatic heterocycles. The lowest BCUT2D eigenvalue weighted by Crippen LogP contribution is -2.53. The van der Waals surface area contributed by atoms with Crippen LogP contribution in [0.1, 0.15) is 67.0 Å². The summed E-state index contributed by atoms with van der Waals surface area (Å²) in [5.74, 6) is -0.999. The van der Waals surface area contributed by atoms with Crippen molar-refractivity contribution in [3.05, 3.63) is 29.8 Å². The molecule has 1 aromatic carbocycles. The Balaban J connectivity index is 3.21. The predicted molar refractivity (Wildman–Crippen MR) is 115 cm³/mol. The van der Waals surface area contributed by atoms with Crippen LogP contribution >= 0.6 is 0 Å². The van der Waals surface area contributed by atoms with Gasteiger partial charge in [0, 0.05) is 17.1 Å². The number of benzene rings is 1. The van der Waals surface area contributed by atoms with E-state index in [1.54, 1.807) is 52.8 Å². The maximum Gasteiger partial charge on any atom is 0.408 e. The smallest absolute Gasteiger partial charge is 0.408 e. The Morgan fingerprint density at radius 2 is 1.63 bits per heavy atom. The number of nitrogens with zero attached hydrogens (tertiary/aromatic N) is 1. The van der Waals surface area contributed by atoms with Gasteiger partial charge in [0.25, 0.3) is 0 Å². The number of para-hydroxylation sites is 1. The van der Waals surface area contributed by atoms with Gasteiger partial charge in [-0.2, -0.15) is 0 Å². The van der Waals surface area contributed by atoms with Crippen LogP contribution in [0.4, 0.5) is 4.79 Å². The molecule has 0 saturated heterocycles. The average Bonchev–Trinajstić information content (AvgIpc) is 2.54. The van der Waals surface area contributed by atoms with Crippen molar-refractivity contribution in [1.29, 1.82) is 0 Å². The third-order valence-corrected chi connectivity index (χ3v) is 3.88. The molecule has 8 heteroatoms. The molecular formula is C22H35N3O5. The van der Waals surface area contributed by atoms with Gasteiger partial charge in [0.1, 0.15) is 23.9 Å². The van der Waals surface area contributed by atoms with E-state index >= 15 is 0 Å². The fraction of sp³-hybridized carbons (Fsp3) is 0.591. The number of phenols is 1. The van der Waals surface area contributed by atoms with E-state index in [0.29, 0.717) is 5.56 Å². The number of ether oxygens (including phenoxy) is 1. The van der Waals surface area contributed by atoms with E-state index in [0.717, 1.165) is 0 Å². The summed E-state index contributed by atoms with van der Waals surface area (Å²) in [7, 11) is 0. The maximum atomic E-state index is 13.2.